The number of aromatic amines is 1. The van der Waals surface area contributed by atoms with Crippen molar-refractivity contribution < 1.29 is 0 Å². The van der Waals surface area contributed by atoms with Gasteiger partial charge in [0, 0.05) is 5.69 Å². The third kappa shape index (κ3) is 2.66. The number of hydrogen-bond acceptors (Lipinski definition) is 3. The van der Waals surface area contributed by atoms with Gasteiger partial charge in [0.05, 0.1) is 6.33 Å². The van der Waals surface area contributed by atoms with E-state index in [9.17, 15) is 4.79 Å². The highest BCUT2D eigenvalue weighted by Gasteiger charge is 2.06. The fraction of sp³-hybridized carbons (Fsp3) is 0.167. The average molecular weight is 341 g/mol. The van der Waals surface area contributed by atoms with Gasteiger partial charge in [0.2, 0.25) is 0 Å². The quantitative estimate of drug-likeness (QED) is 0.826. The van der Waals surface area contributed by atoms with Crippen molar-refractivity contribution in [2.24, 2.45) is 0 Å². The first-order chi connectivity index (χ1) is 8.08. The molecule has 0 saturated carbocycles. The van der Waals surface area contributed by atoms with E-state index in [0.717, 1.165) is 16.8 Å². The topological polar surface area (TPSA) is 57.8 Å². The summed E-state index contributed by atoms with van der Waals surface area (Å²) in [6.45, 7) is 4.04. The number of nitrogens with zero attached hydrogens (tertiary/aromatic N) is 1. The van der Waals surface area contributed by atoms with Gasteiger partial charge < -0.3 is 10.3 Å². The monoisotopic (exact) mass is 341 g/mol. The van der Waals surface area contributed by atoms with Crippen LogP contribution in [0.4, 0.5) is 11.5 Å². The number of aromatic nitrogens is 2. The molecule has 2 N–H and O–H groups in total. The molecule has 1 aromatic carbocycles. The zero-order valence-corrected chi connectivity index (χ0v) is 11.7. The Bertz CT molecular complexity index is 607. The molecule has 0 atom stereocenters. The summed E-state index contributed by atoms with van der Waals surface area (Å²) in [7, 11) is 0. The van der Waals surface area contributed by atoms with Crippen LogP contribution < -0.4 is 10.9 Å². The first-order valence-electron chi connectivity index (χ1n) is 5.15. The summed E-state index contributed by atoms with van der Waals surface area (Å²) < 4.78 is 0.561. The number of rotatable bonds is 2. The number of benzene rings is 1. The SMILES string of the molecule is Cc1ccc(C)c(Nc2nc[nH]c(=O)c2I)c1. The van der Waals surface area contributed by atoms with E-state index in [0.29, 0.717) is 9.39 Å². The van der Waals surface area contributed by atoms with Crippen LogP contribution in [0.15, 0.2) is 29.3 Å². The molecular formula is C12H12IN3O. The standard InChI is InChI=1S/C12H12IN3O/c1-7-3-4-8(2)9(5-7)16-11-10(13)12(17)15-6-14-11/h3-6H,1-2H3,(H2,14,15,16,17). The van der Waals surface area contributed by atoms with E-state index in [2.05, 4.69) is 21.4 Å². The molecule has 1 aromatic heterocycles. The van der Waals surface area contributed by atoms with Gasteiger partial charge in [-0.1, -0.05) is 12.1 Å². The molecule has 0 saturated heterocycles. The minimum absolute atomic E-state index is 0.131. The van der Waals surface area contributed by atoms with Crippen molar-refractivity contribution in [1.82, 2.24) is 9.97 Å². The second kappa shape index (κ2) is 4.87. The summed E-state index contributed by atoms with van der Waals surface area (Å²) in [4.78, 5) is 18.1. The normalized spacial score (nSPS) is 10.3. The molecule has 2 rings (SSSR count). The Morgan fingerprint density at radius 3 is 2.88 bits per heavy atom. The van der Waals surface area contributed by atoms with Crippen LogP contribution in [0.5, 0.6) is 0 Å². The Morgan fingerprint density at radius 2 is 2.12 bits per heavy atom. The van der Waals surface area contributed by atoms with E-state index < -0.39 is 0 Å². The summed E-state index contributed by atoms with van der Waals surface area (Å²) in [6.07, 6.45) is 1.40. The summed E-state index contributed by atoms with van der Waals surface area (Å²) in [5.74, 6) is 0.586. The van der Waals surface area contributed by atoms with Crippen LogP contribution in [0.3, 0.4) is 0 Å². The highest BCUT2D eigenvalue weighted by molar-refractivity contribution is 14.1. The molecule has 0 aliphatic carbocycles. The number of hydrogen-bond donors (Lipinski definition) is 2. The van der Waals surface area contributed by atoms with Crippen molar-refractivity contribution in [2.45, 2.75) is 13.8 Å². The average Bonchev–Trinajstić information content (AvgIpc) is 2.30. The van der Waals surface area contributed by atoms with Crippen LogP contribution in [0.25, 0.3) is 0 Å². The molecule has 0 aliphatic heterocycles. The van der Waals surface area contributed by atoms with Crippen LogP contribution in [0, 0.1) is 17.4 Å². The summed E-state index contributed by atoms with van der Waals surface area (Å²) in [5.41, 5.74) is 3.13. The molecular weight excluding hydrogens is 329 g/mol. The smallest absolute Gasteiger partial charge is 0.266 e. The number of aryl methyl sites for hydroxylation is 2. The highest BCUT2D eigenvalue weighted by atomic mass is 127. The Kier molecular flexibility index (Phi) is 3.46. The van der Waals surface area contributed by atoms with Crippen molar-refractivity contribution >= 4 is 34.1 Å². The van der Waals surface area contributed by atoms with Crippen LogP contribution in [-0.4, -0.2) is 9.97 Å². The lowest BCUT2D eigenvalue weighted by Gasteiger charge is -2.10. The molecule has 0 amide bonds. The predicted octanol–water partition coefficient (Wildman–Crippen LogP) is 2.73. The Balaban J connectivity index is 2.41. The van der Waals surface area contributed by atoms with Crippen LogP contribution in [0.1, 0.15) is 11.1 Å². The maximum Gasteiger partial charge on any atom is 0.266 e. The lowest BCUT2D eigenvalue weighted by molar-refractivity contribution is 1.10. The Morgan fingerprint density at radius 1 is 1.35 bits per heavy atom. The van der Waals surface area contributed by atoms with Crippen LogP contribution >= 0.6 is 22.6 Å². The maximum absolute atomic E-state index is 11.4. The van der Waals surface area contributed by atoms with Crippen molar-refractivity contribution in [3.8, 4) is 0 Å². The van der Waals surface area contributed by atoms with Gasteiger partial charge in [-0.15, -0.1) is 0 Å². The number of halogens is 1. The van der Waals surface area contributed by atoms with Crippen molar-refractivity contribution in [2.75, 3.05) is 5.32 Å². The molecule has 5 heteroatoms. The second-order valence-corrected chi connectivity index (χ2v) is 4.92. The van der Waals surface area contributed by atoms with Gasteiger partial charge in [0.1, 0.15) is 3.57 Å². The molecule has 0 spiro atoms. The van der Waals surface area contributed by atoms with Crippen LogP contribution in [0.2, 0.25) is 0 Å². The zero-order valence-electron chi connectivity index (χ0n) is 9.54. The number of nitrogens with one attached hydrogen (secondary N) is 2. The van der Waals surface area contributed by atoms with Crippen LogP contribution in [-0.2, 0) is 0 Å². The first-order valence-corrected chi connectivity index (χ1v) is 6.23. The highest BCUT2D eigenvalue weighted by Crippen LogP contribution is 2.21. The summed E-state index contributed by atoms with van der Waals surface area (Å²) in [6, 6.07) is 6.13. The molecule has 0 radical (unpaired) electrons. The molecule has 0 bridgehead atoms. The maximum atomic E-state index is 11.4. The minimum Gasteiger partial charge on any atom is -0.339 e. The van der Waals surface area contributed by atoms with E-state index in [1.165, 1.54) is 6.33 Å². The van der Waals surface area contributed by atoms with Crippen molar-refractivity contribution in [3.63, 3.8) is 0 Å². The van der Waals surface area contributed by atoms with E-state index in [1.54, 1.807) is 0 Å². The van der Waals surface area contributed by atoms with Crippen molar-refractivity contribution in [3.05, 3.63) is 49.6 Å². The van der Waals surface area contributed by atoms with Gasteiger partial charge in [0.25, 0.3) is 5.56 Å². The zero-order chi connectivity index (χ0) is 12.4. The fourth-order valence-electron chi connectivity index (χ4n) is 1.47. The van der Waals surface area contributed by atoms with Gasteiger partial charge in [-0.3, -0.25) is 4.79 Å². The summed E-state index contributed by atoms with van der Waals surface area (Å²) >= 11 is 1.98. The molecule has 0 aliphatic rings. The largest absolute Gasteiger partial charge is 0.339 e. The molecule has 88 valence electrons. The lowest BCUT2D eigenvalue weighted by Crippen LogP contribution is -2.13. The predicted molar refractivity (Wildman–Crippen MR) is 76.8 cm³/mol. The molecule has 2 aromatic rings. The number of H-pyrrole nitrogens is 1. The second-order valence-electron chi connectivity index (χ2n) is 3.84. The van der Waals surface area contributed by atoms with Gasteiger partial charge in [-0.2, -0.15) is 0 Å². The third-order valence-electron chi connectivity index (χ3n) is 2.44. The van der Waals surface area contributed by atoms with E-state index in [1.807, 2.05) is 48.6 Å². The first kappa shape index (κ1) is 12.1. The van der Waals surface area contributed by atoms with E-state index in [-0.39, 0.29) is 5.56 Å². The van der Waals surface area contributed by atoms with Gasteiger partial charge in [0.15, 0.2) is 5.82 Å². The third-order valence-corrected chi connectivity index (χ3v) is 3.44. The molecule has 17 heavy (non-hydrogen) atoms. The minimum atomic E-state index is -0.131. The molecule has 0 fully saturated rings. The van der Waals surface area contributed by atoms with Gasteiger partial charge in [-0.25, -0.2) is 4.98 Å². The summed E-state index contributed by atoms with van der Waals surface area (Å²) in [5, 5.41) is 3.18. The fourth-order valence-corrected chi connectivity index (χ4v) is 1.90. The number of anilines is 2. The van der Waals surface area contributed by atoms with Crippen molar-refractivity contribution in [1.29, 1.82) is 0 Å². The van der Waals surface area contributed by atoms with E-state index >= 15 is 0 Å². The van der Waals surface area contributed by atoms with Gasteiger partial charge in [-0.05, 0) is 53.6 Å². The molecule has 0 unspecified atom stereocenters. The molecule has 1 heterocycles. The Hall–Kier alpha value is -1.37. The van der Waals surface area contributed by atoms with Gasteiger partial charge >= 0.3 is 0 Å². The Labute approximate surface area is 113 Å². The molecule has 4 nitrogen and oxygen atoms in total. The lowest BCUT2D eigenvalue weighted by atomic mass is 10.1. The van der Waals surface area contributed by atoms with E-state index in [4.69, 9.17) is 0 Å².